The van der Waals surface area contributed by atoms with Gasteiger partial charge in [0.05, 0.1) is 6.42 Å². The number of hydrogen-bond acceptors (Lipinski definition) is 4. The van der Waals surface area contributed by atoms with E-state index in [9.17, 15) is 9.90 Å². The summed E-state index contributed by atoms with van der Waals surface area (Å²) in [4.78, 5) is 10.3. The van der Waals surface area contributed by atoms with Gasteiger partial charge < -0.3 is 19.7 Å². The van der Waals surface area contributed by atoms with Gasteiger partial charge in [-0.3, -0.25) is 4.79 Å². The highest BCUT2D eigenvalue weighted by Gasteiger charge is 2.22. The first kappa shape index (κ1) is 12.3. The Morgan fingerprint density at radius 2 is 1.77 bits per heavy atom. The van der Waals surface area contributed by atoms with Gasteiger partial charge in [0.2, 0.25) is 0 Å². The normalized spacial score (nSPS) is 13.2. The minimum absolute atomic E-state index is 0.370. The van der Waals surface area contributed by atoms with Gasteiger partial charge in [0.15, 0.2) is 6.29 Å². The Bertz CT molecular complexity index is 141. The number of ether oxygens (including phenoxy) is 2. The van der Waals surface area contributed by atoms with E-state index in [1.165, 1.54) is 0 Å². The minimum atomic E-state index is -1.11. The molecule has 0 radical (unpaired) electrons. The maximum atomic E-state index is 10.3. The van der Waals surface area contributed by atoms with Crippen LogP contribution in [-0.2, 0) is 14.3 Å². The highest BCUT2D eigenvalue weighted by Crippen LogP contribution is 2.05. The third-order valence-electron chi connectivity index (χ3n) is 1.36. The lowest BCUT2D eigenvalue weighted by atomic mass is 10.2. The van der Waals surface area contributed by atoms with Crippen LogP contribution >= 0.6 is 0 Å². The number of carboxylic acids is 1. The summed E-state index contributed by atoms with van der Waals surface area (Å²) in [6.45, 7) is 4.25. The summed E-state index contributed by atoms with van der Waals surface area (Å²) in [7, 11) is 0. The lowest BCUT2D eigenvalue weighted by Gasteiger charge is -2.21. The van der Waals surface area contributed by atoms with Gasteiger partial charge in [0.1, 0.15) is 6.10 Å². The van der Waals surface area contributed by atoms with Crippen LogP contribution in [0.1, 0.15) is 20.3 Å². The van der Waals surface area contributed by atoms with Gasteiger partial charge in [-0.25, -0.2) is 0 Å². The molecule has 5 heteroatoms. The molecule has 78 valence electrons. The SMILES string of the molecule is CCOC(OCC)[C@H](O)CC(=O)O. The van der Waals surface area contributed by atoms with Crippen LogP contribution in [0.25, 0.3) is 0 Å². The Morgan fingerprint density at radius 1 is 1.31 bits per heavy atom. The van der Waals surface area contributed by atoms with Crippen molar-refractivity contribution in [1.29, 1.82) is 0 Å². The summed E-state index contributed by atoms with van der Waals surface area (Å²) in [5.74, 6) is -1.07. The lowest BCUT2D eigenvalue weighted by Crippen LogP contribution is -2.33. The van der Waals surface area contributed by atoms with E-state index in [4.69, 9.17) is 14.6 Å². The lowest BCUT2D eigenvalue weighted by molar-refractivity contribution is -0.194. The Hall–Kier alpha value is -0.650. The number of hydrogen-bond donors (Lipinski definition) is 2. The van der Waals surface area contributed by atoms with Crippen LogP contribution in [0.4, 0.5) is 0 Å². The van der Waals surface area contributed by atoms with Crippen molar-refractivity contribution in [2.75, 3.05) is 13.2 Å². The van der Waals surface area contributed by atoms with Crippen molar-refractivity contribution in [3.8, 4) is 0 Å². The van der Waals surface area contributed by atoms with Crippen molar-refractivity contribution < 1.29 is 24.5 Å². The molecule has 1 atom stereocenters. The van der Waals surface area contributed by atoms with E-state index in [0.717, 1.165) is 0 Å². The van der Waals surface area contributed by atoms with Crippen molar-refractivity contribution in [3.63, 3.8) is 0 Å². The monoisotopic (exact) mass is 192 g/mol. The second-order valence-corrected chi connectivity index (χ2v) is 2.44. The molecule has 0 heterocycles. The Labute approximate surface area is 77.3 Å². The Kier molecular flexibility index (Phi) is 6.48. The first-order chi connectivity index (χ1) is 6.11. The number of aliphatic hydroxyl groups is 1. The molecule has 0 amide bonds. The molecule has 0 aromatic heterocycles. The van der Waals surface area contributed by atoms with E-state index in [-0.39, 0.29) is 6.42 Å². The zero-order valence-corrected chi connectivity index (χ0v) is 7.90. The van der Waals surface area contributed by atoms with Gasteiger partial charge in [0.25, 0.3) is 0 Å². The molecule has 0 saturated carbocycles. The summed E-state index contributed by atoms with van der Waals surface area (Å²) in [6, 6.07) is 0. The van der Waals surface area contributed by atoms with Crippen LogP contribution in [0.3, 0.4) is 0 Å². The number of carboxylic acid groups (broad SMARTS) is 1. The van der Waals surface area contributed by atoms with Gasteiger partial charge in [0, 0.05) is 13.2 Å². The maximum Gasteiger partial charge on any atom is 0.306 e. The average molecular weight is 192 g/mol. The van der Waals surface area contributed by atoms with Gasteiger partial charge in [-0.05, 0) is 13.8 Å². The fourth-order valence-corrected chi connectivity index (χ4v) is 0.874. The summed E-state index contributed by atoms with van der Waals surface area (Å²) in [5, 5.41) is 17.7. The molecule has 0 rings (SSSR count). The molecule has 0 unspecified atom stereocenters. The first-order valence-corrected chi connectivity index (χ1v) is 4.24. The zero-order chi connectivity index (χ0) is 10.3. The summed E-state index contributed by atoms with van der Waals surface area (Å²) >= 11 is 0. The molecule has 13 heavy (non-hydrogen) atoms. The van der Waals surface area contributed by atoms with Crippen molar-refractivity contribution in [2.24, 2.45) is 0 Å². The van der Waals surface area contributed by atoms with Crippen LogP contribution in [-0.4, -0.2) is 41.8 Å². The predicted octanol–water partition coefficient (Wildman–Crippen LogP) is 0.221. The second kappa shape index (κ2) is 6.82. The molecule has 0 aliphatic carbocycles. The van der Waals surface area contributed by atoms with Crippen LogP contribution in [0.5, 0.6) is 0 Å². The predicted molar refractivity (Wildman–Crippen MR) is 45.3 cm³/mol. The van der Waals surface area contributed by atoms with Crippen LogP contribution < -0.4 is 0 Å². The third kappa shape index (κ3) is 5.57. The van der Waals surface area contributed by atoms with Crippen molar-refractivity contribution >= 4 is 5.97 Å². The molecular formula is C8H16O5. The smallest absolute Gasteiger partial charge is 0.306 e. The largest absolute Gasteiger partial charge is 0.481 e. The van der Waals surface area contributed by atoms with Crippen molar-refractivity contribution in [3.05, 3.63) is 0 Å². The third-order valence-corrected chi connectivity index (χ3v) is 1.36. The van der Waals surface area contributed by atoms with E-state index < -0.39 is 18.4 Å². The molecule has 5 nitrogen and oxygen atoms in total. The molecule has 0 aromatic rings. The standard InChI is InChI=1S/C8H16O5/c1-3-12-8(13-4-2)6(9)5-7(10)11/h6,8-9H,3-5H2,1-2H3,(H,10,11)/t6-/m1/s1. The molecular weight excluding hydrogens is 176 g/mol. The average Bonchev–Trinajstić information content (AvgIpc) is 2.02. The Balaban J connectivity index is 3.93. The van der Waals surface area contributed by atoms with Gasteiger partial charge in [-0.1, -0.05) is 0 Å². The van der Waals surface area contributed by atoms with Crippen LogP contribution in [0.15, 0.2) is 0 Å². The first-order valence-electron chi connectivity index (χ1n) is 4.24. The number of aliphatic carboxylic acids is 1. The number of carbonyl (C=O) groups is 1. The van der Waals surface area contributed by atoms with Crippen LogP contribution in [0, 0.1) is 0 Å². The van der Waals surface area contributed by atoms with E-state index in [2.05, 4.69) is 0 Å². The molecule has 0 fully saturated rings. The number of rotatable bonds is 7. The fraction of sp³-hybridized carbons (Fsp3) is 0.875. The molecule has 0 aromatic carbocycles. The van der Waals surface area contributed by atoms with Crippen molar-refractivity contribution in [1.82, 2.24) is 0 Å². The molecule has 0 saturated heterocycles. The molecule has 0 aliphatic heterocycles. The van der Waals surface area contributed by atoms with Gasteiger partial charge >= 0.3 is 5.97 Å². The van der Waals surface area contributed by atoms with Crippen LogP contribution in [0.2, 0.25) is 0 Å². The van der Waals surface area contributed by atoms with E-state index >= 15 is 0 Å². The molecule has 0 aliphatic rings. The summed E-state index contributed by atoms with van der Waals surface area (Å²) in [5.41, 5.74) is 0. The molecule has 0 bridgehead atoms. The highest BCUT2D eigenvalue weighted by atomic mass is 16.7. The molecule has 2 N–H and O–H groups in total. The summed E-state index contributed by atoms with van der Waals surface area (Å²) < 4.78 is 10.0. The molecule has 0 spiro atoms. The van der Waals surface area contributed by atoms with E-state index in [0.29, 0.717) is 13.2 Å². The zero-order valence-electron chi connectivity index (χ0n) is 7.90. The minimum Gasteiger partial charge on any atom is -0.481 e. The summed E-state index contributed by atoms with van der Waals surface area (Å²) in [6.07, 6.45) is -2.33. The fourth-order valence-electron chi connectivity index (χ4n) is 0.874. The topological polar surface area (TPSA) is 76.0 Å². The van der Waals surface area contributed by atoms with Crippen molar-refractivity contribution in [2.45, 2.75) is 32.7 Å². The van der Waals surface area contributed by atoms with E-state index in [1.54, 1.807) is 13.8 Å². The van der Waals surface area contributed by atoms with Gasteiger partial charge in [-0.15, -0.1) is 0 Å². The van der Waals surface area contributed by atoms with Gasteiger partial charge in [-0.2, -0.15) is 0 Å². The van der Waals surface area contributed by atoms with E-state index in [1.807, 2.05) is 0 Å². The number of aliphatic hydroxyl groups excluding tert-OH is 1. The quantitative estimate of drug-likeness (QED) is 0.564. The maximum absolute atomic E-state index is 10.3. The Morgan fingerprint density at radius 3 is 2.08 bits per heavy atom. The second-order valence-electron chi connectivity index (χ2n) is 2.44. The highest BCUT2D eigenvalue weighted by molar-refractivity contribution is 5.67.